The fourth-order valence-corrected chi connectivity index (χ4v) is 1.44. The molecule has 1 aromatic heterocycles. The van der Waals surface area contributed by atoms with Crippen LogP contribution in [0.15, 0.2) is 18.5 Å². The van der Waals surface area contributed by atoms with Crippen LogP contribution in [0.1, 0.15) is 25.3 Å². The summed E-state index contributed by atoms with van der Waals surface area (Å²) in [7, 11) is 0. The molecule has 1 atom stereocenters. The second-order valence-electron chi connectivity index (χ2n) is 3.51. The van der Waals surface area contributed by atoms with E-state index < -0.39 is 0 Å². The SMILES string of the molecule is [CH2]C(C)CCCc1cncc(Cl)c1. The van der Waals surface area contributed by atoms with Crippen molar-refractivity contribution in [1.82, 2.24) is 4.98 Å². The molecular weight excluding hydrogens is 182 g/mol. The zero-order valence-corrected chi connectivity index (χ0v) is 8.72. The third kappa shape index (κ3) is 4.28. The van der Waals surface area contributed by atoms with Gasteiger partial charge in [-0.3, -0.25) is 4.98 Å². The summed E-state index contributed by atoms with van der Waals surface area (Å²) in [6, 6.07) is 1.97. The second-order valence-corrected chi connectivity index (χ2v) is 3.95. The minimum Gasteiger partial charge on any atom is -0.263 e. The fourth-order valence-electron chi connectivity index (χ4n) is 1.25. The summed E-state index contributed by atoms with van der Waals surface area (Å²) in [5, 5.41) is 0.722. The summed E-state index contributed by atoms with van der Waals surface area (Å²) >= 11 is 5.81. The molecular formula is C11H15ClN. The standard InChI is InChI=1S/C11H15ClN/c1-9(2)4-3-5-10-6-11(12)8-13-7-10/h6-9H,1,3-5H2,2H3. The van der Waals surface area contributed by atoms with E-state index in [-0.39, 0.29) is 0 Å². The highest BCUT2D eigenvalue weighted by molar-refractivity contribution is 6.30. The van der Waals surface area contributed by atoms with Crippen molar-refractivity contribution in [3.05, 3.63) is 36.0 Å². The van der Waals surface area contributed by atoms with E-state index in [9.17, 15) is 0 Å². The Kier molecular flexibility index (Phi) is 4.23. The third-order valence-electron chi connectivity index (χ3n) is 1.92. The van der Waals surface area contributed by atoms with Crippen LogP contribution in [0.2, 0.25) is 5.02 Å². The number of halogens is 1. The molecule has 0 amide bonds. The van der Waals surface area contributed by atoms with Crippen LogP contribution in [0.5, 0.6) is 0 Å². The molecule has 71 valence electrons. The molecule has 2 heteroatoms. The van der Waals surface area contributed by atoms with Crippen molar-refractivity contribution < 1.29 is 0 Å². The Morgan fingerprint density at radius 3 is 2.92 bits per heavy atom. The predicted molar refractivity (Wildman–Crippen MR) is 56.7 cm³/mol. The molecule has 0 N–H and O–H groups in total. The molecule has 1 rings (SSSR count). The van der Waals surface area contributed by atoms with Gasteiger partial charge >= 0.3 is 0 Å². The van der Waals surface area contributed by atoms with Gasteiger partial charge in [-0.25, -0.2) is 0 Å². The van der Waals surface area contributed by atoms with Crippen LogP contribution in [0.3, 0.4) is 0 Å². The Morgan fingerprint density at radius 2 is 2.31 bits per heavy atom. The highest BCUT2D eigenvalue weighted by Crippen LogP contribution is 2.12. The van der Waals surface area contributed by atoms with Gasteiger partial charge in [0.05, 0.1) is 5.02 Å². The van der Waals surface area contributed by atoms with Crippen LogP contribution in [0, 0.1) is 12.8 Å². The summed E-state index contributed by atoms with van der Waals surface area (Å²) in [6.45, 7) is 6.08. The van der Waals surface area contributed by atoms with Gasteiger partial charge in [0.25, 0.3) is 0 Å². The Balaban J connectivity index is 2.37. The highest BCUT2D eigenvalue weighted by Gasteiger charge is 1.97. The molecule has 1 aromatic rings. The Bertz CT molecular complexity index is 258. The summed E-state index contributed by atoms with van der Waals surface area (Å²) in [5.41, 5.74) is 1.22. The maximum Gasteiger partial charge on any atom is 0.0592 e. The van der Waals surface area contributed by atoms with Crippen molar-refractivity contribution in [3.63, 3.8) is 0 Å². The lowest BCUT2D eigenvalue weighted by Crippen LogP contribution is -1.91. The number of aryl methyl sites for hydroxylation is 1. The highest BCUT2D eigenvalue weighted by atomic mass is 35.5. The lowest BCUT2D eigenvalue weighted by molar-refractivity contribution is 0.603. The van der Waals surface area contributed by atoms with Crippen LogP contribution in [0.4, 0.5) is 0 Å². The topological polar surface area (TPSA) is 12.9 Å². The number of hydrogen-bond acceptors (Lipinski definition) is 1. The summed E-state index contributed by atoms with van der Waals surface area (Å²) in [4.78, 5) is 4.03. The van der Waals surface area contributed by atoms with E-state index in [2.05, 4.69) is 18.8 Å². The first kappa shape index (κ1) is 10.5. The zero-order valence-electron chi connectivity index (χ0n) is 7.96. The molecule has 1 heterocycles. The first-order valence-corrected chi connectivity index (χ1v) is 4.99. The molecule has 0 spiro atoms. The average Bonchev–Trinajstić information content (AvgIpc) is 2.03. The fraction of sp³-hybridized carbons (Fsp3) is 0.455. The molecule has 0 aliphatic heterocycles. The van der Waals surface area contributed by atoms with Gasteiger partial charge in [0.2, 0.25) is 0 Å². The van der Waals surface area contributed by atoms with E-state index in [1.165, 1.54) is 5.56 Å². The Morgan fingerprint density at radius 1 is 1.54 bits per heavy atom. The van der Waals surface area contributed by atoms with E-state index in [4.69, 9.17) is 11.6 Å². The Labute approximate surface area is 85.1 Å². The minimum absolute atomic E-state index is 0.534. The van der Waals surface area contributed by atoms with E-state index in [0.29, 0.717) is 5.92 Å². The molecule has 0 aliphatic rings. The maximum absolute atomic E-state index is 5.81. The van der Waals surface area contributed by atoms with Gasteiger partial charge in [0.15, 0.2) is 0 Å². The molecule has 0 aliphatic carbocycles. The van der Waals surface area contributed by atoms with Gasteiger partial charge in [-0.1, -0.05) is 31.9 Å². The van der Waals surface area contributed by atoms with Gasteiger partial charge in [-0.05, 0) is 30.4 Å². The summed E-state index contributed by atoms with van der Waals surface area (Å²) in [6.07, 6.45) is 6.90. The normalized spacial score (nSPS) is 10.8. The number of nitrogens with zero attached hydrogens (tertiary/aromatic N) is 1. The largest absolute Gasteiger partial charge is 0.263 e. The van der Waals surface area contributed by atoms with Crippen molar-refractivity contribution >= 4 is 11.6 Å². The van der Waals surface area contributed by atoms with E-state index in [0.717, 1.165) is 24.3 Å². The lowest BCUT2D eigenvalue weighted by atomic mass is 10.0. The van der Waals surface area contributed by atoms with Crippen LogP contribution in [0.25, 0.3) is 0 Å². The van der Waals surface area contributed by atoms with Crippen molar-refractivity contribution in [2.24, 2.45) is 5.92 Å². The number of hydrogen-bond donors (Lipinski definition) is 0. The van der Waals surface area contributed by atoms with Gasteiger partial charge in [0.1, 0.15) is 0 Å². The third-order valence-corrected chi connectivity index (χ3v) is 2.13. The van der Waals surface area contributed by atoms with E-state index in [1.807, 2.05) is 12.3 Å². The number of pyridine rings is 1. The monoisotopic (exact) mass is 196 g/mol. The zero-order chi connectivity index (χ0) is 9.68. The van der Waals surface area contributed by atoms with Gasteiger partial charge in [-0.15, -0.1) is 0 Å². The molecule has 0 bridgehead atoms. The smallest absolute Gasteiger partial charge is 0.0592 e. The van der Waals surface area contributed by atoms with Crippen molar-refractivity contribution in [1.29, 1.82) is 0 Å². The van der Waals surface area contributed by atoms with E-state index >= 15 is 0 Å². The van der Waals surface area contributed by atoms with Crippen LogP contribution in [-0.2, 0) is 6.42 Å². The number of aromatic nitrogens is 1. The van der Waals surface area contributed by atoms with Crippen molar-refractivity contribution in [2.75, 3.05) is 0 Å². The molecule has 1 unspecified atom stereocenters. The van der Waals surface area contributed by atoms with E-state index in [1.54, 1.807) is 6.20 Å². The minimum atomic E-state index is 0.534. The Hall–Kier alpha value is -0.560. The first-order chi connectivity index (χ1) is 6.18. The molecule has 1 nitrogen and oxygen atoms in total. The van der Waals surface area contributed by atoms with Crippen molar-refractivity contribution in [3.8, 4) is 0 Å². The molecule has 0 saturated carbocycles. The van der Waals surface area contributed by atoms with Crippen LogP contribution < -0.4 is 0 Å². The molecule has 0 saturated heterocycles. The van der Waals surface area contributed by atoms with Gasteiger partial charge in [-0.2, -0.15) is 0 Å². The van der Waals surface area contributed by atoms with Gasteiger partial charge in [0, 0.05) is 12.4 Å². The number of rotatable bonds is 4. The quantitative estimate of drug-likeness (QED) is 0.718. The lowest BCUT2D eigenvalue weighted by Gasteiger charge is -2.03. The van der Waals surface area contributed by atoms with Crippen molar-refractivity contribution in [2.45, 2.75) is 26.2 Å². The molecule has 0 fully saturated rings. The molecule has 0 aromatic carbocycles. The first-order valence-electron chi connectivity index (χ1n) is 4.61. The second kappa shape index (κ2) is 5.23. The maximum atomic E-state index is 5.81. The van der Waals surface area contributed by atoms with Gasteiger partial charge < -0.3 is 0 Å². The average molecular weight is 197 g/mol. The van der Waals surface area contributed by atoms with Crippen LogP contribution >= 0.6 is 11.6 Å². The molecule has 13 heavy (non-hydrogen) atoms. The summed E-state index contributed by atoms with van der Waals surface area (Å²) in [5.74, 6) is 0.534. The summed E-state index contributed by atoms with van der Waals surface area (Å²) < 4.78 is 0. The molecule has 1 radical (unpaired) electrons. The van der Waals surface area contributed by atoms with Crippen LogP contribution in [-0.4, -0.2) is 4.98 Å². The predicted octanol–water partition coefficient (Wildman–Crippen LogP) is 3.53.